The minimum Gasteiger partial charge on any atom is -0.455 e. The van der Waals surface area contributed by atoms with Crippen LogP contribution in [0.2, 0.25) is 0 Å². The predicted molar refractivity (Wildman–Crippen MR) is 73.9 cm³/mol. The highest BCUT2D eigenvalue weighted by atomic mass is 19.1. The number of ether oxygens (including phenoxy) is 1. The second-order valence-corrected chi connectivity index (χ2v) is 4.31. The van der Waals surface area contributed by atoms with Gasteiger partial charge in [0.1, 0.15) is 11.6 Å². The van der Waals surface area contributed by atoms with E-state index in [1.54, 1.807) is 30.5 Å². The highest BCUT2D eigenvalue weighted by molar-refractivity contribution is 5.87. The first-order chi connectivity index (χ1) is 9.67. The van der Waals surface area contributed by atoms with Crippen LogP contribution in [0, 0.1) is 17.1 Å². The number of anilines is 1. The highest BCUT2D eigenvalue weighted by Crippen LogP contribution is 2.31. The minimum atomic E-state index is -0.528. The normalized spacial score (nSPS) is 10.4. The standard InChI is InChI=1S/C15H10FN3O/c16-12-6-10(2-3-13(12)18)20-15-8-19-14-4-1-9(7-17)5-11(14)15/h1-6,8,19H,18H2. The van der Waals surface area contributed by atoms with Crippen molar-refractivity contribution in [2.75, 3.05) is 5.73 Å². The van der Waals surface area contributed by atoms with Gasteiger partial charge in [0, 0.05) is 23.2 Å². The van der Waals surface area contributed by atoms with E-state index < -0.39 is 5.82 Å². The number of nitrogens with two attached hydrogens (primary N) is 1. The van der Waals surface area contributed by atoms with Gasteiger partial charge in [0.25, 0.3) is 0 Å². The largest absolute Gasteiger partial charge is 0.455 e. The van der Waals surface area contributed by atoms with Crippen LogP contribution in [0.15, 0.2) is 42.6 Å². The molecule has 1 aromatic heterocycles. The molecule has 5 heteroatoms. The first-order valence-corrected chi connectivity index (χ1v) is 5.91. The fraction of sp³-hybridized carbons (Fsp3) is 0. The van der Waals surface area contributed by atoms with Crippen molar-refractivity contribution in [2.24, 2.45) is 0 Å². The number of aromatic amines is 1. The number of nitrogens with zero attached hydrogens (tertiary/aromatic N) is 1. The number of aromatic nitrogens is 1. The Bertz CT molecular complexity index is 833. The number of nitriles is 1. The molecule has 0 aliphatic carbocycles. The van der Waals surface area contributed by atoms with E-state index in [1.807, 2.05) is 0 Å². The molecule has 0 fully saturated rings. The van der Waals surface area contributed by atoms with E-state index in [0.717, 1.165) is 10.9 Å². The van der Waals surface area contributed by atoms with Crippen molar-refractivity contribution in [3.05, 3.63) is 54.0 Å². The first kappa shape index (κ1) is 12.1. The van der Waals surface area contributed by atoms with Gasteiger partial charge in [-0.15, -0.1) is 0 Å². The number of rotatable bonds is 2. The summed E-state index contributed by atoms with van der Waals surface area (Å²) in [4.78, 5) is 3.03. The zero-order valence-electron chi connectivity index (χ0n) is 10.4. The lowest BCUT2D eigenvalue weighted by Gasteiger charge is -2.05. The van der Waals surface area contributed by atoms with Crippen molar-refractivity contribution < 1.29 is 9.13 Å². The van der Waals surface area contributed by atoms with Crippen LogP contribution < -0.4 is 10.5 Å². The molecule has 1 heterocycles. The molecule has 0 spiro atoms. The molecule has 0 saturated heterocycles. The van der Waals surface area contributed by atoms with Crippen molar-refractivity contribution in [2.45, 2.75) is 0 Å². The maximum Gasteiger partial charge on any atom is 0.152 e. The zero-order valence-corrected chi connectivity index (χ0v) is 10.4. The topological polar surface area (TPSA) is 74.8 Å². The molecule has 0 atom stereocenters. The molecule has 0 aliphatic rings. The summed E-state index contributed by atoms with van der Waals surface area (Å²) < 4.78 is 19.0. The molecule has 0 amide bonds. The van der Waals surface area contributed by atoms with Crippen LogP contribution in [0.5, 0.6) is 11.5 Å². The molecule has 20 heavy (non-hydrogen) atoms. The summed E-state index contributed by atoms with van der Waals surface area (Å²) in [6.07, 6.45) is 1.67. The van der Waals surface area contributed by atoms with Crippen LogP contribution in [-0.4, -0.2) is 4.98 Å². The second kappa shape index (κ2) is 4.59. The van der Waals surface area contributed by atoms with Crippen molar-refractivity contribution in [3.63, 3.8) is 0 Å². The average molecular weight is 267 g/mol. The number of hydrogen-bond donors (Lipinski definition) is 2. The van der Waals surface area contributed by atoms with Crippen LogP contribution in [0.1, 0.15) is 5.56 Å². The van der Waals surface area contributed by atoms with Gasteiger partial charge in [0.2, 0.25) is 0 Å². The maximum absolute atomic E-state index is 13.4. The molecule has 3 rings (SSSR count). The van der Waals surface area contributed by atoms with Crippen molar-refractivity contribution in [1.82, 2.24) is 4.98 Å². The maximum atomic E-state index is 13.4. The Labute approximate surface area is 114 Å². The lowest BCUT2D eigenvalue weighted by Crippen LogP contribution is -1.91. The summed E-state index contributed by atoms with van der Waals surface area (Å²) >= 11 is 0. The number of H-pyrrole nitrogens is 1. The molecule has 2 aromatic carbocycles. The van der Waals surface area contributed by atoms with Crippen LogP contribution in [0.3, 0.4) is 0 Å². The van der Waals surface area contributed by atoms with Crippen molar-refractivity contribution in [3.8, 4) is 17.6 Å². The number of hydrogen-bond acceptors (Lipinski definition) is 3. The lowest BCUT2D eigenvalue weighted by atomic mass is 10.2. The molecule has 3 N–H and O–H groups in total. The summed E-state index contributed by atoms with van der Waals surface area (Å²) in [5, 5.41) is 9.68. The Hall–Kier alpha value is -3.00. The van der Waals surface area contributed by atoms with Gasteiger partial charge in [-0.2, -0.15) is 5.26 Å². The van der Waals surface area contributed by atoms with Gasteiger partial charge in [0.15, 0.2) is 5.75 Å². The fourth-order valence-corrected chi connectivity index (χ4v) is 1.95. The number of benzene rings is 2. The van der Waals surface area contributed by atoms with Crippen LogP contribution in [0.4, 0.5) is 10.1 Å². The Balaban J connectivity index is 2.02. The van der Waals surface area contributed by atoms with Gasteiger partial charge >= 0.3 is 0 Å². The van der Waals surface area contributed by atoms with Crippen molar-refractivity contribution in [1.29, 1.82) is 5.26 Å². The Morgan fingerprint density at radius 2 is 2.05 bits per heavy atom. The number of nitrogens with one attached hydrogen (secondary N) is 1. The average Bonchev–Trinajstić information content (AvgIpc) is 2.85. The molecule has 98 valence electrons. The Morgan fingerprint density at radius 3 is 2.80 bits per heavy atom. The summed E-state index contributed by atoms with van der Waals surface area (Å²) in [6, 6.07) is 11.6. The molecular formula is C15H10FN3O. The molecule has 0 saturated carbocycles. The van der Waals surface area contributed by atoms with Gasteiger partial charge in [-0.1, -0.05) is 0 Å². The molecule has 0 bridgehead atoms. The number of fused-ring (bicyclic) bond motifs is 1. The van der Waals surface area contributed by atoms with E-state index in [2.05, 4.69) is 11.1 Å². The van der Waals surface area contributed by atoms with Crippen LogP contribution >= 0.6 is 0 Å². The fourth-order valence-electron chi connectivity index (χ4n) is 1.95. The van der Waals surface area contributed by atoms with Gasteiger partial charge in [-0.3, -0.25) is 0 Å². The third kappa shape index (κ3) is 2.04. The summed E-state index contributed by atoms with van der Waals surface area (Å²) in [5.41, 5.74) is 6.87. The summed E-state index contributed by atoms with van der Waals surface area (Å²) in [5.74, 6) is 0.348. The third-order valence-electron chi connectivity index (χ3n) is 2.97. The van der Waals surface area contributed by atoms with E-state index in [0.29, 0.717) is 17.1 Å². The van der Waals surface area contributed by atoms with Gasteiger partial charge in [0.05, 0.1) is 17.3 Å². The highest BCUT2D eigenvalue weighted by Gasteiger charge is 2.08. The van der Waals surface area contributed by atoms with E-state index >= 15 is 0 Å². The summed E-state index contributed by atoms with van der Waals surface area (Å²) in [7, 11) is 0. The first-order valence-electron chi connectivity index (χ1n) is 5.91. The van der Waals surface area contributed by atoms with E-state index in [4.69, 9.17) is 15.7 Å². The van der Waals surface area contributed by atoms with E-state index in [-0.39, 0.29) is 5.69 Å². The van der Waals surface area contributed by atoms with Crippen molar-refractivity contribution >= 4 is 16.6 Å². The van der Waals surface area contributed by atoms with Crippen LogP contribution in [0.25, 0.3) is 10.9 Å². The Morgan fingerprint density at radius 1 is 1.20 bits per heavy atom. The molecular weight excluding hydrogens is 257 g/mol. The minimum absolute atomic E-state index is 0.0723. The zero-order chi connectivity index (χ0) is 14.1. The van der Waals surface area contributed by atoms with Gasteiger partial charge in [-0.25, -0.2) is 4.39 Å². The van der Waals surface area contributed by atoms with Gasteiger partial charge in [-0.05, 0) is 30.3 Å². The monoisotopic (exact) mass is 267 g/mol. The molecule has 4 nitrogen and oxygen atoms in total. The SMILES string of the molecule is N#Cc1ccc2[nH]cc(Oc3ccc(N)c(F)c3)c2c1. The van der Waals surface area contributed by atoms with E-state index in [9.17, 15) is 4.39 Å². The molecule has 3 aromatic rings. The Kier molecular flexibility index (Phi) is 2.77. The second-order valence-electron chi connectivity index (χ2n) is 4.31. The molecule has 0 aliphatic heterocycles. The number of halogens is 1. The molecule has 0 unspecified atom stereocenters. The smallest absolute Gasteiger partial charge is 0.152 e. The quantitative estimate of drug-likeness (QED) is 0.697. The predicted octanol–water partition coefficient (Wildman–Crippen LogP) is 3.55. The third-order valence-corrected chi connectivity index (χ3v) is 2.97. The number of nitrogen functional groups attached to an aromatic ring is 1. The molecule has 0 radical (unpaired) electrons. The lowest BCUT2D eigenvalue weighted by molar-refractivity contribution is 0.482. The van der Waals surface area contributed by atoms with E-state index in [1.165, 1.54) is 12.1 Å². The summed E-state index contributed by atoms with van der Waals surface area (Å²) in [6.45, 7) is 0. The van der Waals surface area contributed by atoms with Gasteiger partial charge < -0.3 is 15.5 Å². The van der Waals surface area contributed by atoms with Crippen LogP contribution in [-0.2, 0) is 0 Å².